The molecule has 1 N–H and O–H groups in total. The zero-order valence-corrected chi connectivity index (χ0v) is 11.2. The molecule has 0 amide bonds. The average molecular weight is 261 g/mol. The molecule has 0 aliphatic heterocycles. The summed E-state index contributed by atoms with van der Waals surface area (Å²) in [6.07, 6.45) is 0. The minimum atomic E-state index is -0.250. The third kappa shape index (κ3) is 3.40. The minimum absolute atomic E-state index is 0.250. The molecular formula is C14H16FN3O. The summed E-state index contributed by atoms with van der Waals surface area (Å²) in [5.74, 6) is 1.27. The molecule has 0 saturated heterocycles. The van der Waals surface area contributed by atoms with Crippen molar-refractivity contribution in [3.63, 3.8) is 0 Å². The Labute approximate surface area is 111 Å². The topological polar surface area (TPSA) is 47.0 Å². The Morgan fingerprint density at radius 3 is 2.68 bits per heavy atom. The van der Waals surface area contributed by atoms with Gasteiger partial charge in [-0.25, -0.2) is 9.37 Å². The number of anilines is 1. The Morgan fingerprint density at radius 2 is 2.00 bits per heavy atom. The van der Waals surface area contributed by atoms with E-state index in [2.05, 4.69) is 15.3 Å². The van der Waals surface area contributed by atoms with Gasteiger partial charge in [0.1, 0.15) is 11.6 Å². The van der Waals surface area contributed by atoms with Gasteiger partial charge in [-0.1, -0.05) is 0 Å². The smallest absolute Gasteiger partial charge is 0.226 e. The molecule has 0 fully saturated rings. The van der Waals surface area contributed by atoms with Crippen LogP contribution in [-0.4, -0.2) is 16.5 Å². The first-order valence-electron chi connectivity index (χ1n) is 6.12. The van der Waals surface area contributed by atoms with Gasteiger partial charge in [0.25, 0.3) is 0 Å². The highest BCUT2D eigenvalue weighted by Gasteiger charge is 2.05. The van der Waals surface area contributed by atoms with E-state index in [1.54, 1.807) is 25.1 Å². The second kappa shape index (κ2) is 5.65. The van der Waals surface area contributed by atoms with E-state index in [4.69, 9.17) is 4.74 Å². The number of nitrogens with one attached hydrogen (secondary N) is 1. The Kier molecular flexibility index (Phi) is 3.94. The fraction of sp³-hybridized carbons (Fsp3) is 0.286. The van der Waals surface area contributed by atoms with Crippen LogP contribution in [-0.2, 0) is 0 Å². The third-order valence-electron chi connectivity index (χ3n) is 2.52. The second-order valence-corrected chi connectivity index (χ2v) is 4.21. The van der Waals surface area contributed by atoms with Gasteiger partial charge in [0.05, 0.1) is 0 Å². The number of aryl methyl sites for hydroxylation is 2. The zero-order valence-electron chi connectivity index (χ0n) is 11.2. The number of hydrogen-bond acceptors (Lipinski definition) is 4. The van der Waals surface area contributed by atoms with Crippen molar-refractivity contribution in [3.05, 3.63) is 41.3 Å². The predicted molar refractivity (Wildman–Crippen MR) is 72.1 cm³/mol. The first-order valence-corrected chi connectivity index (χ1v) is 6.12. The lowest BCUT2D eigenvalue weighted by Crippen LogP contribution is -2.04. The van der Waals surface area contributed by atoms with Crippen LogP contribution < -0.4 is 10.1 Å². The van der Waals surface area contributed by atoms with E-state index in [9.17, 15) is 4.39 Å². The largest absolute Gasteiger partial charge is 0.439 e. The third-order valence-corrected chi connectivity index (χ3v) is 2.52. The normalized spacial score (nSPS) is 10.3. The maximum atomic E-state index is 13.2. The number of hydrogen-bond donors (Lipinski definition) is 1. The fourth-order valence-corrected chi connectivity index (χ4v) is 1.63. The summed E-state index contributed by atoms with van der Waals surface area (Å²) >= 11 is 0. The van der Waals surface area contributed by atoms with E-state index >= 15 is 0 Å². The molecule has 0 radical (unpaired) electrons. The number of aromatic nitrogens is 2. The number of halogens is 1. The summed E-state index contributed by atoms with van der Waals surface area (Å²) in [6, 6.07) is 6.33. The number of benzene rings is 1. The molecule has 100 valence electrons. The minimum Gasteiger partial charge on any atom is -0.439 e. The van der Waals surface area contributed by atoms with Gasteiger partial charge in [-0.3, -0.25) is 0 Å². The summed E-state index contributed by atoms with van der Waals surface area (Å²) in [7, 11) is 0. The number of ether oxygens (including phenoxy) is 1. The highest BCUT2D eigenvalue weighted by molar-refractivity contribution is 5.35. The van der Waals surface area contributed by atoms with Crippen LogP contribution >= 0.6 is 0 Å². The number of nitrogens with zero attached hydrogens (tertiary/aromatic N) is 2. The van der Waals surface area contributed by atoms with Crippen molar-refractivity contribution in [2.75, 3.05) is 11.9 Å². The van der Waals surface area contributed by atoms with Gasteiger partial charge in [0.15, 0.2) is 0 Å². The SMILES string of the molecule is CCNc1nc(C)cc(Oc2ccc(F)c(C)c2)n1. The Morgan fingerprint density at radius 1 is 1.21 bits per heavy atom. The molecule has 0 saturated carbocycles. The summed E-state index contributed by atoms with van der Waals surface area (Å²) in [5.41, 5.74) is 1.34. The van der Waals surface area contributed by atoms with Gasteiger partial charge in [-0.2, -0.15) is 4.98 Å². The van der Waals surface area contributed by atoms with E-state index in [1.165, 1.54) is 6.07 Å². The Balaban J connectivity index is 2.24. The number of rotatable bonds is 4. The lowest BCUT2D eigenvalue weighted by atomic mass is 10.2. The van der Waals surface area contributed by atoms with E-state index < -0.39 is 0 Å². The summed E-state index contributed by atoms with van der Waals surface area (Å²) in [6.45, 7) is 6.26. The molecule has 0 aliphatic rings. The molecule has 19 heavy (non-hydrogen) atoms. The first-order chi connectivity index (χ1) is 9.08. The van der Waals surface area contributed by atoms with Crippen LogP contribution in [0, 0.1) is 19.7 Å². The van der Waals surface area contributed by atoms with E-state index in [1.807, 2.05) is 13.8 Å². The van der Waals surface area contributed by atoms with Crippen LogP contribution in [0.25, 0.3) is 0 Å². The maximum absolute atomic E-state index is 13.2. The lowest BCUT2D eigenvalue weighted by molar-refractivity contribution is 0.459. The molecular weight excluding hydrogens is 245 g/mol. The molecule has 1 heterocycles. The van der Waals surface area contributed by atoms with Crippen LogP contribution in [0.4, 0.5) is 10.3 Å². The standard InChI is InChI=1S/C14H16FN3O/c1-4-16-14-17-10(3)8-13(18-14)19-11-5-6-12(15)9(2)7-11/h5-8H,4H2,1-3H3,(H,16,17,18). The van der Waals surface area contributed by atoms with Crippen LogP contribution in [0.5, 0.6) is 11.6 Å². The molecule has 0 bridgehead atoms. The second-order valence-electron chi connectivity index (χ2n) is 4.21. The molecule has 5 heteroatoms. The van der Waals surface area contributed by atoms with Gasteiger partial charge in [-0.05, 0) is 44.5 Å². The van der Waals surface area contributed by atoms with Gasteiger partial charge in [0, 0.05) is 18.3 Å². The molecule has 4 nitrogen and oxygen atoms in total. The quantitative estimate of drug-likeness (QED) is 0.915. The molecule has 2 aromatic rings. The van der Waals surface area contributed by atoms with Crippen LogP contribution in [0.3, 0.4) is 0 Å². The monoisotopic (exact) mass is 261 g/mol. The van der Waals surface area contributed by atoms with Crippen molar-refractivity contribution in [2.24, 2.45) is 0 Å². The lowest BCUT2D eigenvalue weighted by Gasteiger charge is -2.08. The Bertz CT molecular complexity index is 587. The van der Waals surface area contributed by atoms with Crippen LogP contribution in [0.15, 0.2) is 24.3 Å². The van der Waals surface area contributed by atoms with Crippen molar-refractivity contribution in [1.82, 2.24) is 9.97 Å². The summed E-state index contributed by atoms with van der Waals surface area (Å²) in [5, 5.41) is 3.03. The average Bonchev–Trinajstić information content (AvgIpc) is 2.33. The van der Waals surface area contributed by atoms with Gasteiger partial charge in [0.2, 0.25) is 11.8 Å². The van der Waals surface area contributed by atoms with Crippen molar-refractivity contribution >= 4 is 5.95 Å². The first kappa shape index (κ1) is 13.3. The molecule has 0 unspecified atom stereocenters. The summed E-state index contributed by atoms with van der Waals surface area (Å²) in [4.78, 5) is 8.47. The van der Waals surface area contributed by atoms with Crippen molar-refractivity contribution in [2.45, 2.75) is 20.8 Å². The van der Waals surface area contributed by atoms with E-state index in [0.29, 0.717) is 23.1 Å². The molecule has 2 rings (SSSR count). The molecule has 0 spiro atoms. The Hall–Kier alpha value is -2.17. The van der Waals surface area contributed by atoms with Gasteiger partial charge < -0.3 is 10.1 Å². The van der Waals surface area contributed by atoms with Crippen molar-refractivity contribution < 1.29 is 9.13 Å². The van der Waals surface area contributed by atoms with Crippen molar-refractivity contribution in [1.29, 1.82) is 0 Å². The molecule has 0 aliphatic carbocycles. The molecule has 1 aromatic heterocycles. The molecule has 1 aromatic carbocycles. The highest BCUT2D eigenvalue weighted by Crippen LogP contribution is 2.23. The van der Waals surface area contributed by atoms with E-state index in [0.717, 1.165) is 12.2 Å². The predicted octanol–water partition coefficient (Wildman–Crippen LogP) is 3.46. The molecule has 0 atom stereocenters. The maximum Gasteiger partial charge on any atom is 0.226 e. The van der Waals surface area contributed by atoms with Gasteiger partial charge >= 0.3 is 0 Å². The van der Waals surface area contributed by atoms with Gasteiger partial charge in [-0.15, -0.1) is 0 Å². The fourth-order valence-electron chi connectivity index (χ4n) is 1.63. The summed E-state index contributed by atoms with van der Waals surface area (Å²) < 4.78 is 18.8. The zero-order chi connectivity index (χ0) is 13.8. The van der Waals surface area contributed by atoms with Crippen molar-refractivity contribution in [3.8, 4) is 11.6 Å². The highest BCUT2D eigenvalue weighted by atomic mass is 19.1. The van der Waals surface area contributed by atoms with Crippen LogP contribution in [0.2, 0.25) is 0 Å². The van der Waals surface area contributed by atoms with Crippen LogP contribution in [0.1, 0.15) is 18.2 Å². The van der Waals surface area contributed by atoms with E-state index in [-0.39, 0.29) is 5.82 Å².